The van der Waals surface area contributed by atoms with Crippen LogP contribution in [0.1, 0.15) is 77.8 Å². The second kappa shape index (κ2) is 6.79. The highest BCUT2D eigenvalue weighted by Gasteiger charge is 2.46. The van der Waals surface area contributed by atoms with E-state index in [4.69, 9.17) is 0 Å². The third kappa shape index (κ3) is 2.97. The van der Waals surface area contributed by atoms with Crippen LogP contribution in [0.25, 0.3) is 11.1 Å². The van der Waals surface area contributed by atoms with E-state index in [0.29, 0.717) is 17.5 Å². The van der Waals surface area contributed by atoms with Crippen molar-refractivity contribution in [3.63, 3.8) is 0 Å². The Kier molecular flexibility index (Phi) is 4.80. The Bertz CT molecular complexity index is 862. The van der Waals surface area contributed by atoms with Crippen LogP contribution in [0.5, 0.6) is 0 Å². The van der Waals surface area contributed by atoms with Crippen molar-refractivity contribution in [2.45, 2.75) is 85.3 Å². The lowest BCUT2D eigenvalue weighted by atomic mass is 9.37. The van der Waals surface area contributed by atoms with Gasteiger partial charge in [-0.25, -0.2) is 0 Å². The molecule has 1 saturated carbocycles. The van der Waals surface area contributed by atoms with Crippen LogP contribution in [-0.4, -0.2) is 6.71 Å². The molecule has 0 aromatic heterocycles. The molecule has 1 fully saturated rings. The van der Waals surface area contributed by atoms with Gasteiger partial charge < -0.3 is 0 Å². The maximum absolute atomic E-state index is 2.47. The molecule has 0 N–H and O–H groups in total. The minimum absolute atomic E-state index is 0.265. The highest BCUT2D eigenvalue weighted by molar-refractivity contribution is 6.72. The molecule has 0 atom stereocenters. The number of hydrogen-bond acceptors (Lipinski definition) is 0. The summed E-state index contributed by atoms with van der Waals surface area (Å²) in [7, 11) is 0. The van der Waals surface area contributed by atoms with Crippen LogP contribution in [0, 0.1) is 10.8 Å². The first-order valence-electron chi connectivity index (χ1n) is 11.4. The topological polar surface area (TPSA) is 0 Å². The number of rotatable bonds is 3. The summed E-state index contributed by atoms with van der Waals surface area (Å²) in [6.45, 7) is 15.2. The van der Waals surface area contributed by atoms with E-state index in [-0.39, 0.29) is 5.41 Å². The minimum Gasteiger partial charge on any atom is -0.0817 e. The van der Waals surface area contributed by atoms with Crippen LogP contribution in [0.3, 0.4) is 0 Å². The number of hydrogen-bond donors (Lipinski definition) is 0. The highest BCUT2D eigenvalue weighted by Crippen LogP contribution is 2.55. The Hall–Kier alpha value is -1.50. The Balaban J connectivity index is 1.84. The molecule has 0 radical (unpaired) electrons. The molecular formula is C27H37B. The van der Waals surface area contributed by atoms with Gasteiger partial charge in [-0.05, 0) is 45.9 Å². The van der Waals surface area contributed by atoms with Gasteiger partial charge in [0.25, 0.3) is 0 Å². The molecule has 2 aliphatic carbocycles. The van der Waals surface area contributed by atoms with Crippen LogP contribution in [0.15, 0.2) is 42.5 Å². The maximum atomic E-state index is 2.47. The molecule has 2 aliphatic rings. The predicted octanol–water partition coefficient (Wildman–Crippen LogP) is 7.32. The van der Waals surface area contributed by atoms with Gasteiger partial charge in [-0.15, -0.1) is 0 Å². The standard InChI is InChI=1S/C27H37B/c1-25(2,3)26(4,5)19-28(6)23-16-12-14-21-20-13-8-9-15-22(20)27(24(21)23)17-10-7-11-18-27/h8-9,12-16H,7,10-11,17-19H2,1-6H3. The largest absolute Gasteiger partial charge is 0.173 e. The smallest absolute Gasteiger partial charge is 0.0817 e. The fourth-order valence-electron chi connectivity index (χ4n) is 5.87. The van der Waals surface area contributed by atoms with Gasteiger partial charge >= 0.3 is 0 Å². The first kappa shape index (κ1) is 19.8. The summed E-state index contributed by atoms with van der Waals surface area (Å²) < 4.78 is 0. The van der Waals surface area contributed by atoms with Crippen LogP contribution in [-0.2, 0) is 5.41 Å². The van der Waals surface area contributed by atoms with E-state index < -0.39 is 0 Å². The zero-order chi connectivity index (χ0) is 20.2. The molecule has 28 heavy (non-hydrogen) atoms. The molecular weight excluding hydrogens is 335 g/mol. The number of fused-ring (bicyclic) bond motifs is 5. The summed E-state index contributed by atoms with van der Waals surface area (Å²) in [5.74, 6) is 0. The van der Waals surface area contributed by atoms with Crippen molar-refractivity contribution in [1.82, 2.24) is 0 Å². The lowest BCUT2D eigenvalue weighted by molar-refractivity contribution is 0.156. The predicted molar refractivity (Wildman–Crippen MR) is 125 cm³/mol. The lowest BCUT2D eigenvalue weighted by Gasteiger charge is -2.42. The van der Waals surface area contributed by atoms with Gasteiger partial charge in [-0.2, -0.15) is 0 Å². The van der Waals surface area contributed by atoms with Gasteiger partial charge in [-0.1, -0.05) is 115 Å². The highest BCUT2D eigenvalue weighted by atomic mass is 14.5. The van der Waals surface area contributed by atoms with Gasteiger partial charge in [0.1, 0.15) is 0 Å². The summed E-state index contributed by atoms with van der Waals surface area (Å²) in [6, 6.07) is 16.4. The Morgan fingerprint density at radius 3 is 2.14 bits per heavy atom. The van der Waals surface area contributed by atoms with Crippen molar-refractivity contribution in [3.05, 3.63) is 53.6 Å². The van der Waals surface area contributed by atoms with Gasteiger partial charge in [0, 0.05) is 5.41 Å². The molecule has 1 spiro atoms. The fraction of sp³-hybridized carbons (Fsp3) is 0.556. The molecule has 0 unspecified atom stereocenters. The van der Waals surface area contributed by atoms with Crippen molar-refractivity contribution in [1.29, 1.82) is 0 Å². The first-order chi connectivity index (χ1) is 13.2. The van der Waals surface area contributed by atoms with Crippen LogP contribution in [0.4, 0.5) is 0 Å². The summed E-state index contributed by atoms with van der Waals surface area (Å²) >= 11 is 0. The van der Waals surface area contributed by atoms with Crippen LogP contribution >= 0.6 is 0 Å². The lowest BCUT2D eigenvalue weighted by Crippen LogP contribution is -2.43. The average molecular weight is 372 g/mol. The van der Waals surface area contributed by atoms with Crippen molar-refractivity contribution < 1.29 is 0 Å². The monoisotopic (exact) mass is 372 g/mol. The normalized spacial score (nSPS) is 18.1. The number of benzene rings is 2. The molecule has 0 nitrogen and oxygen atoms in total. The van der Waals surface area contributed by atoms with E-state index in [1.807, 2.05) is 0 Å². The zero-order valence-electron chi connectivity index (χ0n) is 18.9. The van der Waals surface area contributed by atoms with E-state index >= 15 is 0 Å². The Morgan fingerprint density at radius 1 is 0.821 bits per heavy atom. The van der Waals surface area contributed by atoms with Crippen molar-refractivity contribution >= 4 is 12.2 Å². The van der Waals surface area contributed by atoms with E-state index in [2.05, 4.69) is 83.9 Å². The third-order valence-corrected chi connectivity index (χ3v) is 8.39. The molecule has 1 heteroatoms. The molecule has 4 rings (SSSR count). The van der Waals surface area contributed by atoms with E-state index in [0.717, 1.165) is 0 Å². The summed E-state index contributed by atoms with van der Waals surface area (Å²) in [5, 5.41) is 0. The van der Waals surface area contributed by atoms with Crippen molar-refractivity contribution in [3.8, 4) is 11.1 Å². The van der Waals surface area contributed by atoms with Gasteiger partial charge in [0.15, 0.2) is 6.71 Å². The SMILES string of the molecule is CB(CC(C)(C)C(C)(C)C)c1cccc2c1C1(CCCCC1)c1ccccc1-2. The molecule has 0 aliphatic heterocycles. The Morgan fingerprint density at radius 2 is 1.46 bits per heavy atom. The second-order valence-corrected chi connectivity index (χ2v) is 11.2. The average Bonchev–Trinajstić information content (AvgIpc) is 2.92. The van der Waals surface area contributed by atoms with Crippen LogP contribution < -0.4 is 5.46 Å². The molecule has 148 valence electrons. The van der Waals surface area contributed by atoms with Crippen molar-refractivity contribution in [2.24, 2.45) is 10.8 Å². The van der Waals surface area contributed by atoms with Crippen LogP contribution in [0.2, 0.25) is 13.1 Å². The van der Waals surface area contributed by atoms with Gasteiger partial charge in [0.05, 0.1) is 0 Å². The first-order valence-corrected chi connectivity index (χ1v) is 11.4. The van der Waals surface area contributed by atoms with Gasteiger partial charge in [-0.3, -0.25) is 0 Å². The summed E-state index contributed by atoms with van der Waals surface area (Å²) in [4.78, 5) is 0. The molecule has 2 aromatic rings. The molecule has 0 amide bonds. The van der Waals surface area contributed by atoms with E-state index in [1.54, 1.807) is 16.6 Å². The Labute approximate surface area is 173 Å². The molecule has 0 saturated heterocycles. The minimum atomic E-state index is 0.265. The molecule has 0 bridgehead atoms. The van der Waals surface area contributed by atoms with E-state index in [1.165, 1.54) is 49.6 Å². The quantitative estimate of drug-likeness (QED) is 0.495. The zero-order valence-corrected chi connectivity index (χ0v) is 18.9. The fourth-order valence-corrected chi connectivity index (χ4v) is 5.87. The van der Waals surface area contributed by atoms with Gasteiger partial charge in [0.2, 0.25) is 0 Å². The molecule has 2 aromatic carbocycles. The van der Waals surface area contributed by atoms with Crippen molar-refractivity contribution in [2.75, 3.05) is 0 Å². The summed E-state index contributed by atoms with van der Waals surface area (Å²) in [5.41, 5.74) is 8.82. The maximum Gasteiger partial charge on any atom is 0.173 e. The second-order valence-electron chi connectivity index (χ2n) is 11.2. The molecule has 0 heterocycles. The third-order valence-electron chi connectivity index (χ3n) is 8.39. The van der Waals surface area contributed by atoms with E-state index in [9.17, 15) is 0 Å². The summed E-state index contributed by atoms with van der Waals surface area (Å²) in [6.07, 6.45) is 8.01.